The first-order valence-corrected chi connectivity index (χ1v) is 11.3. The van der Waals surface area contributed by atoms with Crippen molar-refractivity contribution in [2.24, 2.45) is 0 Å². The number of aromatic carboxylic acids is 1. The Morgan fingerprint density at radius 1 is 1.15 bits per heavy atom. The third kappa shape index (κ3) is 8.64. The average Bonchev–Trinajstić information content (AvgIpc) is 3.02. The van der Waals surface area contributed by atoms with Crippen molar-refractivity contribution in [1.29, 1.82) is 0 Å². The molecule has 0 aliphatic heterocycles. The molecule has 0 fully saturated rings. The molecule has 0 spiro atoms. The van der Waals surface area contributed by atoms with Crippen molar-refractivity contribution in [2.75, 3.05) is 19.3 Å². The van der Waals surface area contributed by atoms with Crippen LogP contribution < -0.4 is 34.7 Å². The molecule has 0 aliphatic carbocycles. The molecule has 0 saturated carbocycles. The Hall–Kier alpha value is -0.410. The number of thiophene rings is 1. The number of carbonyl (C=O) groups excluding carboxylic acids is 1. The van der Waals surface area contributed by atoms with Crippen LogP contribution in [0.25, 0.3) is 0 Å². The van der Waals surface area contributed by atoms with Crippen LogP contribution in [-0.4, -0.2) is 38.0 Å². The fourth-order valence-electron chi connectivity index (χ4n) is 2.65. The van der Waals surface area contributed by atoms with Crippen LogP contribution in [0.3, 0.4) is 0 Å². The van der Waals surface area contributed by atoms with E-state index in [9.17, 15) is 18.3 Å². The van der Waals surface area contributed by atoms with Crippen LogP contribution in [-0.2, 0) is 22.9 Å². The first-order valence-electron chi connectivity index (χ1n) is 8.25. The maximum absolute atomic E-state index is 12.0. The van der Waals surface area contributed by atoms with Crippen molar-refractivity contribution in [2.45, 2.75) is 25.7 Å². The second-order valence-electron chi connectivity index (χ2n) is 6.05. The van der Waals surface area contributed by atoms with Gasteiger partial charge in [-0.2, -0.15) is 0 Å². The molecular weight excluding hydrogens is 417 g/mol. The van der Waals surface area contributed by atoms with Gasteiger partial charge < -0.3 is 9.90 Å². The van der Waals surface area contributed by atoms with E-state index in [2.05, 4.69) is 0 Å². The zero-order valence-corrected chi connectivity index (χ0v) is 19.9. The van der Waals surface area contributed by atoms with Gasteiger partial charge in [0.1, 0.15) is 0 Å². The summed E-state index contributed by atoms with van der Waals surface area (Å²) in [6.45, 7) is 0.854. The van der Waals surface area contributed by atoms with Crippen LogP contribution >= 0.6 is 22.9 Å². The van der Waals surface area contributed by atoms with E-state index < -0.39 is 16.0 Å². The molecule has 5 nitrogen and oxygen atoms in total. The summed E-state index contributed by atoms with van der Waals surface area (Å²) in [4.78, 5) is 11.9. The molecule has 1 aromatic heterocycles. The van der Waals surface area contributed by atoms with Gasteiger partial charge in [0.05, 0.1) is 17.1 Å². The fourth-order valence-corrected chi connectivity index (χ4v) is 4.67. The zero-order chi connectivity index (χ0) is 19.2. The predicted octanol–water partition coefficient (Wildman–Crippen LogP) is -0.404. The molecule has 142 valence electrons. The van der Waals surface area contributed by atoms with Crippen LogP contribution in [0.1, 0.15) is 33.0 Å². The zero-order valence-electron chi connectivity index (χ0n) is 15.5. The number of aryl methyl sites for hydroxylation is 2. The molecule has 0 bridgehead atoms. The maximum atomic E-state index is 12.0. The van der Waals surface area contributed by atoms with Gasteiger partial charge in [-0.05, 0) is 55.5 Å². The maximum Gasteiger partial charge on any atom is 1.00 e. The van der Waals surface area contributed by atoms with Crippen LogP contribution in [0.4, 0.5) is 0 Å². The molecule has 2 rings (SSSR count). The second kappa shape index (κ2) is 11.6. The minimum absolute atomic E-state index is 0. The van der Waals surface area contributed by atoms with Crippen molar-refractivity contribution in [3.8, 4) is 0 Å². The summed E-state index contributed by atoms with van der Waals surface area (Å²) in [6.07, 6.45) is 3.95. The summed E-state index contributed by atoms with van der Waals surface area (Å²) in [5.41, 5.74) is 1.08. The predicted molar refractivity (Wildman–Crippen MR) is 103 cm³/mol. The minimum atomic E-state index is -3.28. The van der Waals surface area contributed by atoms with E-state index in [0.29, 0.717) is 37.4 Å². The summed E-state index contributed by atoms with van der Waals surface area (Å²) in [7, 11) is -3.28. The second-order valence-corrected chi connectivity index (χ2v) is 9.64. The third-order valence-electron chi connectivity index (χ3n) is 3.92. The summed E-state index contributed by atoms with van der Waals surface area (Å²) in [6, 6.07) is 10.8. The monoisotopic (exact) mass is 437 g/mol. The Balaban J connectivity index is 0.00000364. The van der Waals surface area contributed by atoms with Gasteiger partial charge in [-0.3, -0.25) is 0 Å². The quantitative estimate of drug-likeness (QED) is 0.474. The number of carboxylic acid groups (broad SMARTS) is 1. The van der Waals surface area contributed by atoms with E-state index in [0.717, 1.165) is 16.9 Å². The van der Waals surface area contributed by atoms with E-state index >= 15 is 0 Å². The molecule has 0 amide bonds. The fraction of sp³-hybridized carbons (Fsp3) is 0.389. The number of carbonyl (C=O) groups is 1. The van der Waals surface area contributed by atoms with Crippen molar-refractivity contribution in [3.63, 3.8) is 0 Å². The third-order valence-corrected chi connectivity index (χ3v) is 6.59. The molecule has 0 atom stereocenters. The Labute approximate surface area is 191 Å². The minimum Gasteiger partial charge on any atom is -0.544 e. The molecule has 1 aromatic carbocycles. The number of hydrogen-bond donors (Lipinski definition) is 0. The standard InChI is InChI=1S/C18H22ClNO4S2.Na/c1-26(23,24)20(11-3-6-14-5-2-7-15(19)13-14)12-4-8-16-9-10-17(25-16)18(21)22;/h2,5,7,9-10,13H,3-4,6,8,11-12H2,1H3,(H,21,22);/q;+1/p-1. The number of sulfonamides is 1. The average molecular weight is 438 g/mol. The topological polar surface area (TPSA) is 77.5 Å². The number of nitrogens with zero attached hydrogens (tertiary/aromatic N) is 1. The van der Waals surface area contributed by atoms with Gasteiger partial charge in [0, 0.05) is 23.0 Å². The van der Waals surface area contributed by atoms with Gasteiger partial charge in [-0.1, -0.05) is 23.7 Å². The van der Waals surface area contributed by atoms with E-state index in [4.69, 9.17) is 11.6 Å². The normalized spacial score (nSPS) is 11.4. The smallest absolute Gasteiger partial charge is 0.544 e. The van der Waals surface area contributed by atoms with Gasteiger partial charge in [0.2, 0.25) is 10.0 Å². The summed E-state index contributed by atoms with van der Waals surface area (Å²) in [5, 5.41) is 11.5. The summed E-state index contributed by atoms with van der Waals surface area (Å²) in [5.74, 6) is -1.18. The van der Waals surface area contributed by atoms with Crippen molar-refractivity contribution in [1.82, 2.24) is 4.31 Å². The molecule has 0 aliphatic rings. The van der Waals surface area contributed by atoms with Crippen molar-refractivity contribution < 1.29 is 47.9 Å². The SMILES string of the molecule is CS(=O)(=O)N(CCCc1cccc(Cl)c1)CCCc1ccc(C(=O)[O-])s1.[Na+]. The molecule has 2 aromatic rings. The van der Waals surface area contributed by atoms with Gasteiger partial charge >= 0.3 is 29.6 Å². The van der Waals surface area contributed by atoms with E-state index in [1.807, 2.05) is 24.3 Å². The van der Waals surface area contributed by atoms with Crippen molar-refractivity contribution in [3.05, 3.63) is 56.7 Å². The largest absolute Gasteiger partial charge is 1.00 e. The Morgan fingerprint density at radius 3 is 2.37 bits per heavy atom. The van der Waals surface area contributed by atoms with Gasteiger partial charge in [0.15, 0.2) is 0 Å². The summed E-state index contributed by atoms with van der Waals surface area (Å²) < 4.78 is 25.4. The number of carboxylic acids is 1. The van der Waals surface area contributed by atoms with Crippen LogP contribution in [0, 0.1) is 0 Å². The van der Waals surface area contributed by atoms with E-state index in [1.165, 1.54) is 28.0 Å². The van der Waals surface area contributed by atoms with Gasteiger partial charge in [0.25, 0.3) is 0 Å². The molecule has 27 heavy (non-hydrogen) atoms. The van der Waals surface area contributed by atoms with Crippen LogP contribution in [0.5, 0.6) is 0 Å². The van der Waals surface area contributed by atoms with Gasteiger partial charge in [-0.15, -0.1) is 11.3 Å². The first-order chi connectivity index (χ1) is 12.3. The molecule has 9 heteroatoms. The van der Waals surface area contributed by atoms with E-state index in [-0.39, 0.29) is 34.4 Å². The Kier molecular flexibility index (Phi) is 10.5. The molecule has 1 heterocycles. The Bertz CT molecular complexity index is 855. The molecule has 0 N–H and O–H groups in total. The molecule has 0 saturated heterocycles. The van der Waals surface area contributed by atoms with Gasteiger partial charge in [-0.25, -0.2) is 12.7 Å². The Morgan fingerprint density at radius 2 is 1.81 bits per heavy atom. The number of hydrogen-bond acceptors (Lipinski definition) is 5. The van der Waals surface area contributed by atoms with Crippen LogP contribution in [0.2, 0.25) is 5.02 Å². The molecular formula is C18H21ClNNaO4S2. The number of halogens is 1. The van der Waals surface area contributed by atoms with E-state index in [1.54, 1.807) is 6.07 Å². The van der Waals surface area contributed by atoms with Crippen molar-refractivity contribution >= 4 is 38.9 Å². The number of benzene rings is 1. The molecule has 0 unspecified atom stereocenters. The molecule has 0 radical (unpaired) electrons. The van der Waals surface area contributed by atoms with Crippen LogP contribution in [0.15, 0.2) is 36.4 Å². The summed E-state index contributed by atoms with van der Waals surface area (Å²) >= 11 is 7.14. The number of rotatable bonds is 10. The first kappa shape index (κ1) is 24.6.